The average Bonchev–Trinajstić information content (AvgIpc) is 0.864. The van der Waals surface area contributed by atoms with Crippen molar-refractivity contribution >= 4 is 83.5 Å². The minimum Gasteiger partial charge on any atom is -0.311 e. The smallest absolute Gasteiger partial charge is 0.0462 e. The fraction of sp³-hybridized carbons (Fsp3) is 0. The van der Waals surface area contributed by atoms with Crippen molar-refractivity contribution < 1.29 is 0 Å². The third kappa shape index (κ3) is 10.1. The first kappa shape index (κ1) is 52.3. The molecular formula is C84H59N3. The molecule has 15 aromatic rings. The lowest BCUT2D eigenvalue weighted by atomic mass is 9.80. The van der Waals surface area contributed by atoms with Crippen LogP contribution in [0.25, 0.3) is 88.0 Å². The number of fused-ring (bicyclic) bond motifs is 6. The van der Waals surface area contributed by atoms with Gasteiger partial charge < -0.3 is 14.7 Å². The van der Waals surface area contributed by atoms with Crippen LogP contribution in [-0.2, 0) is 0 Å². The first-order valence-corrected chi connectivity index (χ1v) is 29.8. The van der Waals surface area contributed by atoms with E-state index in [1.54, 1.807) is 0 Å². The van der Waals surface area contributed by atoms with Crippen molar-refractivity contribution in [1.29, 1.82) is 0 Å². The SMILES string of the molecule is c1ccc(-c2cc(-c3ccccc3)c3c4ccc(-c5ccc(N(c6ccccc6)c6ccccc6)cc5)cc4c4cc(-c5ccc(N(c6ccccc6)c6ccccc6)cc5)ccc4c3c2-c2ccc(N(c3ccccc3)c3ccccc3)cc2)cc1. The van der Waals surface area contributed by atoms with Crippen LogP contribution in [0.15, 0.2) is 358 Å². The monoisotopic (exact) mass is 1110 g/mol. The molecule has 0 aliphatic carbocycles. The van der Waals surface area contributed by atoms with Gasteiger partial charge in [0.2, 0.25) is 0 Å². The van der Waals surface area contributed by atoms with Crippen molar-refractivity contribution in [3.05, 3.63) is 358 Å². The van der Waals surface area contributed by atoms with Crippen molar-refractivity contribution in [2.75, 3.05) is 14.7 Å². The van der Waals surface area contributed by atoms with Crippen LogP contribution in [0.3, 0.4) is 0 Å². The van der Waals surface area contributed by atoms with E-state index in [1.807, 2.05) is 0 Å². The van der Waals surface area contributed by atoms with E-state index in [-0.39, 0.29) is 0 Å². The predicted octanol–water partition coefficient (Wildman–Crippen LogP) is 23.9. The van der Waals surface area contributed by atoms with Gasteiger partial charge in [-0.1, -0.05) is 231 Å². The summed E-state index contributed by atoms with van der Waals surface area (Å²) in [5.41, 5.74) is 21.5. The fourth-order valence-electron chi connectivity index (χ4n) is 12.7. The van der Waals surface area contributed by atoms with Crippen molar-refractivity contribution in [3.63, 3.8) is 0 Å². The Bertz CT molecular complexity index is 4720. The molecule has 87 heavy (non-hydrogen) atoms. The van der Waals surface area contributed by atoms with Crippen molar-refractivity contribution in [2.45, 2.75) is 0 Å². The number of hydrogen-bond donors (Lipinski definition) is 0. The molecule has 0 N–H and O–H groups in total. The van der Waals surface area contributed by atoms with E-state index in [1.165, 1.54) is 54.6 Å². The van der Waals surface area contributed by atoms with Gasteiger partial charge in [0.25, 0.3) is 0 Å². The number of para-hydroxylation sites is 6. The Morgan fingerprint density at radius 3 is 0.724 bits per heavy atom. The standard InChI is InChI=1S/C84H59N3/c1-9-25-62(26-10-1)78-59-79(63-27-11-2-12-28-63)83-76-55-47-65(60-41-49-73(50-42-60)85(67-29-13-3-14-30-67)68-31-15-4-16-32-68)57-80(76)81-58-66(61-43-51-74(52-44-61)86(69-33-17-5-18-34-69)70-35-19-6-20-36-70)48-56-77(81)84(83)82(78)64-45-53-75(54-46-64)87(71-37-21-7-22-38-71)72-39-23-8-24-40-72/h1-59H. The zero-order valence-electron chi connectivity index (χ0n) is 47.9. The highest BCUT2D eigenvalue weighted by molar-refractivity contribution is 6.33. The second-order valence-electron chi connectivity index (χ2n) is 22.0. The normalized spacial score (nSPS) is 11.2. The van der Waals surface area contributed by atoms with Gasteiger partial charge in [-0.3, -0.25) is 0 Å². The largest absolute Gasteiger partial charge is 0.311 e. The van der Waals surface area contributed by atoms with Gasteiger partial charge in [0, 0.05) is 51.2 Å². The average molecular weight is 1110 g/mol. The van der Waals surface area contributed by atoms with Crippen molar-refractivity contribution in [3.8, 4) is 55.6 Å². The molecule has 0 aliphatic heterocycles. The van der Waals surface area contributed by atoms with E-state index in [9.17, 15) is 0 Å². The molecule has 3 nitrogen and oxygen atoms in total. The Morgan fingerprint density at radius 1 is 0.149 bits per heavy atom. The van der Waals surface area contributed by atoms with Gasteiger partial charge in [0.05, 0.1) is 0 Å². The molecule has 0 amide bonds. The predicted molar refractivity (Wildman–Crippen MR) is 370 cm³/mol. The van der Waals surface area contributed by atoms with E-state index in [0.29, 0.717) is 0 Å². The van der Waals surface area contributed by atoms with Crippen LogP contribution in [0.4, 0.5) is 51.2 Å². The number of benzene rings is 15. The lowest BCUT2D eigenvalue weighted by Crippen LogP contribution is -2.09. The van der Waals surface area contributed by atoms with E-state index >= 15 is 0 Å². The zero-order chi connectivity index (χ0) is 57.9. The maximum absolute atomic E-state index is 2.46. The minimum atomic E-state index is 1.08. The third-order valence-corrected chi connectivity index (χ3v) is 16.8. The van der Waals surface area contributed by atoms with Gasteiger partial charge in [0.15, 0.2) is 0 Å². The Kier molecular flexibility index (Phi) is 14.0. The lowest BCUT2D eigenvalue weighted by Gasteiger charge is -2.26. The Balaban J connectivity index is 0.969. The molecule has 0 saturated heterocycles. The Morgan fingerprint density at radius 2 is 0.402 bits per heavy atom. The summed E-state index contributed by atoms with van der Waals surface area (Å²) in [5.74, 6) is 0. The van der Waals surface area contributed by atoms with Crippen molar-refractivity contribution in [1.82, 2.24) is 0 Å². The Hall–Kier alpha value is -11.5. The van der Waals surface area contributed by atoms with Crippen molar-refractivity contribution in [2.24, 2.45) is 0 Å². The highest BCUT2D eigenvalue weighted by atomic mass is 15.2. The molecule has 0 heterocycles. The molecule has 0 bridgehead atoms. The van der Waals surface area contributed by atoms with E-state index in [0.717, 1.165) is 84.6 Å². The second kappa shape index (κ2) is 23.3. The molecule has 15 rings (SSSR count). The summed E-state index contributed by atoms with van der Waals surface area (Å²) >= 11 is 0. The molecule has 410 valence electrons. The summed E-state index contributed by atoms with van der Waals surface area (Å²) in [6.45, 7) is 0. The maximum atomic E-state index is 2.46. The van der Waals surface area contributed by atoms with Crippen LogP contribution in [0, 0.1) is 0 Å². The maximum Gasteiger partial charge on any atom is 0.0462 e. The van der Waals surface area contributed by atoms with Gasteiger partial charge >= 0.3 is 0 Å². The summed E-state index contributed by atoms with van der Waals surface area (Å²) in [4.78, 5) is 6.98. The van der Waals surface area contributed by atoms with Crippen LogP contribution in [0.2, 0.25) is 0 Å². The first-order valence-electron chi connectivity index (χ1n) is 29.8. The summed E-state index contributed by atoms with van der Waals surface area (Å²) in [7, 11) is 0. The highest BCUT2D eigenvalue weighted by Gasteiger charge is 2.24. The van der Waals surface area contributed by atoms with Crippen LogP contribution >= 0.6 is 0 Å². The van der Waals surface area contributed by atoms with Crippen LogP contribution < -0.4 is 14.7 Å². The number of anilines is 9. The van der Waals surface area contributed by atoms with E-state index < -0.39 is 0 Å². The molecule has 0 aromatic heterocycles. The van der Waals surface area contributed by atoms with Crippen LogP contribution in [0.1, 0.15) is 0 Å². The molecule has 0 atom stereocenters. The van der Waals surface area contributed by atoms with Crippen LogP contribution in [0.5, 0.6) is 0 Å². The van der Waals surface area contributed by atoms with E-state index in [4.69, 9.17) is 0 Å². The van der Waals surface area contributed by atoms with Gasteiger partial charge in [-0.15, -0.1) is 0 Å². The summed E-state index contributed by atoms with van der Waals surface area (Å²) in [6, 6.07) is 130. The van der Waals surface area contributed by atoms with Gasteiger partial charge in [-0.25, -0.2) is 0 Å². The molecule has 0 spiro atoms. The molecule has 0 radical (unpaired) electrons. The zero-order valence-corrected chi connectivity index (χ0v) is 47.9. The quantitative estimate of drug-likeness (QED) is 0.101. The molecule has 0 fully saturated rings. The molecule has 0 saturated carbocycles. The van der Waals surface area contributed by atoms with E-state index in [2.05, 4.69) is 373 Å². The molecule has 0 unspecified atom stereocenters. The van der Waals surface area contributed by atoms with Gasteiger partial charge in [-0.2, -0.15) is 0 Å². The molecule has 3 heteroatoms. The first-order chi connectivity index (χ1) is 43.2. The Labute approximate surface area is 508 Å². The topological polar surface area (TPSA) is 9.72 Å². The summed E-state index contributed by atoms with van der Waals surface area (Å²) in [6.07, 6.45) is 0. The molecule has 15 aromatic carbocycles. The molecule has 0 aliphatic rings. The highest BCUT2D eigenvalue weighted by Crippen LogP contribution is 2.51. The van der Waals surface area contributed by atoms with Gasteiger partial charge in [0.1, 0.15) is 0 Å². The minimum absolute atomic E-state index is 1.08. The number of rotatable bonds is 14. The van der Waals surface area contributed by atoms with Gasteiger partial charge in [-0.05, 0) is 215 Å². The van der Waals surface area contributed by atoms with Crippen LogP contribution in [-0.4, -0.2) is 0 Å². The lowest BCUT2D eigenvalue weighted by molar-refractivity contribution is 1.28. The number of hydrogen-bond acceptors (Lipinski definition) is 3. The fourth-order valence-corrected chi connectivity index (χ4v) is 12.7. The summed E-state index contributed by atoms with van der Waals surface area (Å²) < 4.78 is 0. The summed E-state index contributed by atoms with van der Waals surface area (Å²) in [5, 5.41) is 7.21. The molecular weight excluding hydrogens is 1050 g/mol. The number of nitrogens with zero attached hydrogens (tertiary/aromatic N) is 3. The second-order valence-corrected chi connectivity index (χ2v) is 22.0. The third-order valence-electron chi connectivity index (χ3n) is 16.8.